The fourth-order valence-electron chi connectivity index (χ4n) is 5.51. The average Bonchev–Trinajstić information content (AvgIpc) is 3.23. The molecule has 170 valence electrons. The number of amides is 1. The van der Waals surface area contributed by atoms with E-state index in [0.717, 1.165) is 30.5 Å². The van der Waals surface area contributed by atoms with E-state index in [-0.39, 0.29) is 11.9 Å². The zero-order chi connectivity index (χ0) is 22.8. The van der Waals surface area contributed by atoms with E-state index in [4.69, 9.17) is 4.74 Å². The Labute approximate surface area is 195 Å². The summed E-state index contributed by atoms with van der Waals surface area (Å²) in [5, 5.41) is 2.37. The molecular weight excluding hydrogens is 410 g/mol. The largest absolute Gasteiger partial charge is 0.465 e. The predicted octanol–water partition coefficient (Wildman–Crippen LogP) is 6.02. The van der Waals surface area contributed by atoms with E-state index in [2.05, 4.69) is 41.3 Å². The fourth-order valence-corrected chi connectivity index (χ4v) is 5.51. The van der Waals surface area contributed by atoms with Gasteiger partial charge in [-0.1, -0.05) is 61.7 Å². The second kappa shape index (κ2) is 9.38. The SMILES string of the molecule is COC(=O)c1ccc(-c2ccc3ccc(CC4CCN(C5CCCCC5)C4=O)cc3c2)cc1. The van der Waals surface area contributed by atoms with Crippen LogP contribution >= 0.6 is 0 Å². The van der Waals surface area contributed by atoms with Crippen LogP contribution in [-0.4, -0.2) is 36.5 Å². The summed E-state index contributed by atoms with van der Waals surface area (Å²) in [5.74, 6) is 0.146. The number of methoxy groups -OCH3 is 1. The summed E-state index contributed by atoms with van der Waals surface area (Å²) < 4.78 is 4.79. The molecule has 1 saturated heterocycles. The van der Waals surface area contributed by atoms with Gasteiger partial charge in [0, 0.05) is 18.5 Å². The van der Waals surface area contributed by atoms with Crippen LogP contribution in [0.15, 0.2) is 60.7 Å². The normalized spacial score (nSPS) is 19.2. The summed E-state index contributed by atoms with van der Waals surface area (Å²) in [6.45, 7) is 0.924. The molecule has 1 amide bonds. The van der Waals surface area contributed by atoms with Crippen molar-refractivity contribution in [2.45, 2.75) is 51.0 Å². The van der Waals surface area contributed by atoms with E-state index in [1.807, 2.05) is 12.1 Å². The Hall–Kier alpha value is -3.14. The minimum absolute atomic E-state index is 0.110. The Kier molecular flexibility index (Phi) is 6.17. The van der Waals surface area contributed by atoms with Crippen molar-refractivity contribution < 1.29 is 14.3 Å². The van der Waals surface area contributed by atoms with Crippen molar-refractivity contribution in [2.75, 3.05) is 13.7 Å². The van der Waals surface area contributed by atoms with E-state index in [9.17, 15) is 9.59 Å². The second-order valence-corrected chi connectivity index (χ2v) is 9.48. The van der Waals surface area contributed by atoms with Gasteiger partial charge in [0.2, 0.25) is 5.91 Å². The third-order valence-electron chi connectivity index (χ3n) is 7.39. The van der Waals surface area contributed by atoms with Crippen molar-refractivity contribution in [3.63, 3.8) is 0 Å². The number of fused-ring (bicyclic) bond motifs is 1. The molecule has 2 aliphatic rings. The van der Waals surface area contributed by atoms with Gasteiger partial charge in [-0.2, -0.15) is 0 Å². The molecule has 0 aromatic heterocycles. The third kappa shape index (κ3) is 4.52. The Balaban J connectivity index is 1.33. The highest BCUT2D eigenvalue weighted by atomic mass is 16.5. The Morgan fingerprint density at radius 1 is 0.879 bits per heavy atom. The summed E-state index contributed by atoms with van der Waals surface area (Å²) >= 11 is 0. The predicted molar refractivity (Wildman–Crippen MR) is 131 cm³/mol. The van der Waals surface area contributed by atoms with Crippen LogP contribution in [0.1, 0.15) is 54.4 Å². The number of ether oxygens (including phenoxy) is 1. The van der Waals surface area contributed by atoms with Crippen LogP contribution in [-0.2, 0) is 16.0 Å². The Bertz CT molecular complexity index is 1160. The van der Waals surface area contributed by atoms with Crippen LogP contribution in [0.2, 0.25) is 0 Å². The molecular formula is C29H31NO3. The second-order valence-electron chi connectivity index (χ2n) is 9.48. The van der Waals surface area contributed by atoms with E-state index in [1.165, 1.54) is 55.5 Å². The maximum atomic E-state index is 13.1. The van der Waals surface area contributed by atoms with Gasteiger partial charge in [-0.05, 0) is 71.3 Å². The van der Waals surface area contributed by atoms with Crippen LogP contribution in [0.5, 0.6) is 0 Å². The van der Waals surface area contributed by atoms with E-state index >= 15 is 0 Å². The minimum atomic E-state index is -0.326. The van der Waals surface area contributed by atoms with Gasteiger partial charge in [0.25, 0.3) is 0 Å². The third-order valence-corrected chi connectivity index (χ3v) is 7.39. The number of esters is 1. The molecule has 1 saturated carbocycles. The number of nitrogens with zero attached hydrogens (tertiary/aromatic N) is 1. The summed E-state index contributed by atoms with van der Waals surface area (Å²) in [7, 11) is 1.39. The van der Waals surface area contributed by atoms with Crippen LogP contribution in [0.4, 0.5) is 0 Å². The minimum Gasteiger partial charge on any atom is -0.465 e. The Morgan fingerprint density at radius 2 is 1.61 bits per heavy atom. The molecule has 3 aromatic rings. The number of carbonyl (C=O) groups excluding carboxylic acids is 2. The first kappa shape index (κ1) is 21.7. The molecule has 0 bridgehead atoms. The van der Waals surface area contributed by atoms with Gasteiger partial charge in [0.1, 0.15) is 0 Å². The fraction of sp³-hybridized carbons (Fsp3) is 0.379. The standard InChI is InChI=1S/C29H31NO3/c1-33-29(32)23-12-9-21(10-13-23)24-14-11-22-8-7-20(18-26(22)19-24)17-25-15-16-30(28(25)31)27-5-3-2-4-6-27/h7-14,18-19,25,27H,2-6,15-17H2,1H3. The van der Waals surface area contributed by atoms with E-state index in [1.54, 1.807) is 12.1 Å². The number of likely N-dealkylation sites (tertiary alicyclic amines) is 1. The molecule has 5 rings (SSSR count). The van der Waals surface area contributed by atoms with Gasteiger partial charge in [-0.3, -0.25) is 4.79 Å². The Morgan fingerprint density at radius 3 is 2.36 bits per heavy atom. The molecule has 0 N–H and O–H groups in total. The number of hydrogen-bond donors (Lipinski definition) is 0. The maximum Gasteiger partial charge on any atom is 0.337 e. The highest BCUT2D eigenvalue weighted by Gasteiger charge is 2.36. The van der Waals surface area contributed by atoms with Crippen LogP contribution in [0.25, 0.3) is 21.9 Å². The van der Waals surface area contributed by atoms with Gasteiger partial charge < -0.3 is 9.64 Å². The molecule has 4 heteroatoms. The van der Waals surface area contributed by atoms with Gasteiger partial charge in [0.05, 0.1) is 12.7 Å². The smallest absolute Gasteiger partial charge is 0.337 e. The number of hydrogen-bond acceptors (Lipinski definition) is 3. The maximum absolute atomic E-state index is 13.1. The quantitative estimate of drug-likeness (QED) is 0.455. The molecule has 1 heterocycles. The average molecular weight is 442 g/mol. The number of benzene rings is 3. The first-order valence-corrected chi connectivity index (χ1v) is 12.1. The van der Waals surface area contributed by atoms with E-state index in [0.29, 0.717) is 17.5 Å². The molecule has 3 aromatic carbocycles. The zero-order valence-electron chi connectivity index (χ0n) is 19.3. The lowest BCUT2D eigenvalue weighted by molar-refractivity contribution is -0.133. The van der Waals surface area contributed by atoms with Crippen LogP contribution in [0, 0.1) is 5.92 Å². The van der Waals surface area contributed by atoms with Gasteiger partial charge in [-0.25, -0.2) is 4.79 Å². The molecule has 1 unspecified atom stereocenters. The monoisotopic (exact) mass is 441 g/mol. The lowest BCUT2D eigenvalue weighted by Crippen LogP contribution is -2.39. The van der Waals surface area contributed by atoms with Gasteiger partial charge in [-0.15, -0.1) is 0 Å². The molecule has 1 aliphatic carbocycles. The van der Waals surface area contributed by atoms with Crippen molar-refractivity contribution in [2.24, 2.45) is 5.92 Å². The highest BCUT2D eigenvalue weighted by Crippen LogP contribution is 2.31. The topological polar surface area (TPSA) is 46.6 Å². The lowest BCUT2D eigenvalue weighted by atomic mass is 9.93. The van der Waals surface area contributed by atoms with Crippen LogP contribution in [0.3, 0.4) is 0 Å². The summed E-state index contributed by atoms with van der Waals surface area (Å²) in [5.41, 5.74) is 3.94. The van der Waals surface area contributed by atoms with Crippen LogP contribution < -0.4 is 0 Å². The molecule has 0 radical (unpaired) electrons. The molecule has 1 aliphatic heterocycles. The van der Waals surface area contributed by atoms with Gasteiger partial charge in [0.15, 0.2) is 0 Å². The zero-order valence-corrected chi connectivity index (χ0v) is 19.3. The number of carbonyl (C=O) groups is 2. The number of rotatable bonds is 5. The molecule has 1 atom stereocenters. The first-order chi connectivity index (χ1) is 16.1. The van der Waals surface area contributed by atoms with Crippen molar-refractivity contribution >= 4 is 22.6 Å². The van der Waals surface area contributed by atoms with Gasteiger partial charge >= 0.3 is 5.97 Å². The summed E-state index contributed by atoms with van der Waals surface area (Å²) in [6.07, 6.45) is 7.98. The molecule has 0 spiro atoms. The van der Waals surface area contributed by atoms with Crippen molar-refractivity contribution in [1.29, 1.82) is 0 Å². The molecule has 4 nitrogen and oxygen atoms in total. The van der Waals surface area contributed by atoms with Crippen molar-refractivity contribution in [3.8, 4) is 11.1 Å². The molecule has 2 fully saturated rings. The first-order valence-electron chi connectivity index (χ1n) is 12.1. The van der Waals surface area contributed by atoms with Crippen molar-refractivity contribution in [1.82, 2.24) is 4.90 Å². The van der Waals surface area contributed by atoms with E-state index < -0.39 is 0 Å². The summed E-state index contributed by atoms with van der Waals surface area (Å²) in [6, 6.07) is 21.0. The summed E-state index contributed by atoms with van der Waals surface area (Å²) in [4.78, 5) is 27.0. The van der Waals surface area contributed by atoms with Crippen molar-refractivity contribution in [3.05, 3.63) is 71.8 Å². The lowest BCUT2D eigenvalue weighted by Gasteiger charge is -2.31. The molecule has 33 heavy (non-hydrogen) atoms. The highest BCUT2D eigenvalue weighted by molar-refractivity contribution is 5.91.